The van der Waals surface area contributed by atoms with Crippen LogP contribution < -0.4 is 9.47 Å². The minimum absolute atomic E-state index is 0.258. The fourth-order valence-corrected chi connectivity index (χ4v) is 3.74. The smallest absolute Gasteiger partial charge is 0.311 e. The van der Waals surface area contributed by atoms with Crippen LogP contribution in [0.5, 0.6) is 11.5 Å². The first-order valence-corrected chi connectivity index (χ1v) is 11.6. The molecule has 0 bridgehead atoms. The van der Waals surface area contributed by atoms with E-state index in [0.29, 0.717) is 37.2 Å². The predicted octanol–water partition coefficient (Wildman–Crippen LogP) is 6.40. The monoisotopic (exact) mass is 462 g/mol. The second kappa shape index (κ2) is 12.5. The van der Waals surface area contributed by atoms with E-state index in [4.69, 9.17) is 9.47 Å². The van der Waals surface area contributed by atoms with Crippen LogP contribution in [0.15, 0.2) is 72.8 Å². The summed E-state index contributed by atoms with van der Waals surface area (Å²) in [6.07, 6.45) is 9.72. The number of rotatable bonds is 10. The number of carbonyl (C=O) groups excluding carboxylic acids is 2. The van der Waals surface area contributed by atoms with E-state index in [-0.39, 0.29) is 11.9 Å². The van der Waals surface area contributed by atoms with Crippen LogP contribution in [-0.2, 0) is 9.59 Å². The summed E-state index contributed by atoms with van der Waals surface area (Å²) in [6, 6.07) is 14.4. The van der Waals surface area contributed by atoms with E-state index in [1.807, 2.05) is 62.4 Å². The first-order chi connectivity index (χ1) is 16.1. The van der Waals surface area contributed by atoms with E-state index in [0.717, 1.165) is 21.1 Å². The normalized spacial score (nSPS) is 11.2. The molecule has 33 heavy (non-hydrogen) atoms. The molecule has 0 amide bonds. The number of ether oxygens (including phenoxy) is 2. The van der Waals surface area contributed by atoms with E-state index in [2.05, 4.69) is 10.2 Å². The van der Waals surface area contributed by atoms with Gasteiger partial charge in [-0.3, -0.25) is 9.59 Å². The number of allylic oxidation sites excluding steroid dienone is 4. The van der Waals surface area contributed by atoms with E-state index < -0.39 is 0 Å². The van der Waals surface area contributed by atoms with Crippen molar-refractivity contribution in [1.29, 1.82) is 0 Å². The first kappa shape index (κ1) is 24.1. The Morgan fingerprint density at radius 1 is 0.727 bits per heavy atom. The summed E-state index contributed by atoms with van der Waals surface area (Å²) in [4.78, 5) is 23.7. The number of esters is 2. The summed E-state index contributed by atoms with van der Waals surface area (Å²) in [7, 11) is 0. The van der Waals surface area contributed by atoms with Crippen LogP contribution in [-0.4, -0.2) is 22.1 Å². The number of carbonyl (C=O) groups is 2. The molecule has 0 unspecified atom stereocenters. The van der Waals surface area contributed by atoms with E-state index in [1.54, 1.807) is 24.3 Å². The molecule has 0 saturated carbocycles. The van der Waals surface area contributed by atoms with Crippen LogP contribution >= 0.6 is 11.3 Å². The lowest BCUT2D eigenvalue weighted by molar-refractivity contribution is -0.135. The lowest BCUT2D eigenvalue weighted by atomic mass is 10.2. The van der Waals surface area contributed by atoms with Gasteiger partial charge in [-0.1, -0.05) is 35.6 Å². The molecule has 2 aromatic carbocycles. The molecule has 0 saturated heterocycles. The minimum atomic E-state index is -0.258. The van der Waals surface area contributed by atoms with Gasteiger partial charge in [0, 0.05) is 24.0 Å². The fourth-order valence-electron chi connectivity index (χ4n) is 2.89. The van der Waals surface area contributed by atoms with Crippen molar-refractivity contribution in [3.05, 3.63) is 72.8 Å². The highest BCUT2D eigenvalue weighted by Gasteiger charge is 2.11. The van der Waals surface area contributed by atoms with Crippen molar-refractivity contribution in [2.45, 2.75) is 39.5 Å². The molecule has 170 valence electrons. The molecule has 0 aliphatic carbocycles. The highest BCUT2D eigenvalue weighted by Crippen LogP contribution is 2.31. The second-order valence-electron chi connectivity index (χ2n) is 7.12. The number of aromatic nitrogens is 2. The topological polar surface area (TPSA) is 78.4 Å². The summed E-state index contributed by atoms with van der Waals surface area (Å²) in [5.41, 5.74) is 1.78. The SMILES string of the molecule is C/C=C/CCC(=O)Oc1ccc(-c2nnc(-c3ccc(OC(=O)CC/C=C/C)cc3)s2)cc1. The van der Waals surface area contributed by atoms with Gasteiger partial charge in [-0.15, -0.1) is 10.2 Å². The maximum atomic E-state index is 11.8. The van der Waals surface area contributed by atoms with Gasteiger partial charge in [-0.2, -0.15) is 0 Å². The number of benzene rings is 2. The van der Waals surface area contributed by atoms with E-state index >= 15 is 0 Å². The van der Waals surface area contributed by atoms with Crippen molar-refractivity contribution in [3.63, 3.8) is 0 Å². The van der Waals surface area contributed by atoms with Gasteiger partial charge in [0.1, 0.15) is 21.5 Å². The van der Waals surface area contributed by atoms with E-state index in [1.165, 1.54) is 11.3 Å². The van der Waals surface area contributed by atoms with Crippen LogP contribution in [0, 0.1) is 0 Å². The van der Waals surface area contributed by atoms with Gasteiger partial charge in [0.15, 0.2) is 0 Å². The molecule has 6 nitrogen and oxygen atoms in total. The number of nitrogens with zero attached hydrogens (tertiary/aromatic N) is 2. The van der Waals surface area contributed by atoms with Gasteiger partial charge in [0.2, 0.25) is 0 Å². The summed E-state index contributed by atoms with van der Waals surface area (Å²) < 4.78 is 10.7. The molecule has 0 aliphatic rings. The molecule has 3 rings (SSSR count). The average molecular weight is 463 g/mol. The first-order valence-electron chi connectivity index (χ1n) is 10.8. The van der Waals surface area contributed by atoms with Gasteiger partial charge < -0.3 is 9.47 Å². The summed E-state index contributed by atoms with van der Waals surface area (Å²) in [5, 5.41) is 10.1. The lowest BCUT2D eigenvalue weighted by Gasteiger charge is -2.04. The van der Waals surface area contributed by atoms with Crippen molar-refractivity contribution in [1.82, 2.24) is 10.2 Å². The molecule has 0 aliphatic heterocycles. The van der Waals surface area contributed by atoms with Crippen LogP contribution in [0.25, 0.3) is 21.1 Å². The van der Waals surface area contributed by atoms with Crippen LogP contribution in [0.3, 0.4) is 0 Å². The fraction of sp³-hybridized carbons (Fsp3) is 0.231. The summed E-state index contributed by atoms with van der Waals surface area (Å²) in [6.45, 7) is 3.84. The number of hydrogen-bond acceptors (Lipinski definition) is 7. The largest absolute Gasteiger partial charge is 0.427 e. The molecule has 3 aromatic rings. The Bertz CT molecular complexity index is 1030. The highest BCUT2D eigenvalue weighted by atomic mass is 32.1. The molecule has 0 spiro atoms. The third-order valence-electron chi connectivity index (χ3n) is 4.59. The Morgan fingerprint density at radius 3 is 1.48 bits per heavy atom. The predicted molar refractivity (Wildman–Crippen MR) is 130 cm³/mol. The van der Waals surface area contributed by atoms with Crippen molar-refractivity contribution < 1.29 is 19.1 Å². The zero-order valence-electron chi connectivity index (χ0n) is 18.7. The Hall–Kier alpha value is -3.58. The zero-order valence-corrected chi connectivity index (χ0v) is 19.5. The Morgan fingerprint density at radius 2 is 1.12 bits per heavy atom. The molecule has 0 fully saturated rings. The zero-order chi connectivity index (χ0) is 23.5. The molecular weight excluding hydrogens is 436 g/mol. The molecule has 7 heteroatoms. The summed E-state index contributed by atoms with van der Waals surface area (Å²) in [5.74, 6) is 0.492. The number of hydrogen-bond donors (Lipinski definition) is 0. The third-order valence-corrected chi connectivity index (χ3v) is 5.61. The van der Waals surface area contributed by atoms with Crippen molar-refractivity contribution >= 4 is 23.3 Å². The second-order valence-corrected chi connectivity index (χ2v) is 8.10. The highest BCUT2D eigenvalue weighted by molar-refractivity contribution is 7.17. The van der Waals surface area contributed by atoms with Gasteiger partial charge in [-0.25, -0.2) is 0 Å². The van der Waals surface area contributed by atoms with Crippen molar-refractivity contribution in [2.24, 2.45) is 0 Å². The summed E-state index contributed by atoms with van der Waals surface area (Å²) >= 11 is 1.45. The third kappa shape index (κ3) is 7.50. The van der Waals surface area contributed by atoms with Gasteiger partial charge in [-0.05, 0) is 75.2 Å². The van der Waals surface area contributed by atoms with Gasteiger partial charge >= 0.3 is 11.9 Å². The molecule has 0 radical (unpaired) electrons. The van der Waals surface area contributed by atoms with Gasteiger partial charge in [0.25, 0.3) is 0 Å². The standard InChI is InChI=1S/C26H26N2O4S/c1-3-5-7-9-23(29)31-21-15-11-19(12-16-21)25-27-28-26(33-25)20-13-17-22(18-14-20)32-24(30)10-8-6-4-2/h3-6,11-18H,7-10H2,1-2H3/b5-3+,6-4+. The quantitative estimate of drug-likeness (QED) is 0.197. The Labute approximate surface area is 197 Å². The lowest BCUT2D eigenvalue weighted by Crippen LogP contribution is -2.06. The average Bonchev–Trinajstić information content (AvgIpc) is 3.31. The minimum Gasteiger partial charge on any atom is -0.427 e. The molecule has 0 N–H and O–H groups in total. The van der Waals surface area contributed by atoms with Crippen LogP contribution in [0.2, 0.25) is 0 Å². The van der Waals surface area contributed by atoms with E-state index in [9.17, 15) is 9.59 Å². The maximum absolute atomic E-state index is 11.8. The maximum Gasteiger partial charge on any atom is 0.311 e. The Kier molecular flexibility index (Phi) is 9.08. The van der Waals surface area contributed by atoms with Crippen LogP contribution in [0.1, 0.15) is 39.5 Å². The van der Waals surface area contributed by atoms with Gasteiger partial charge in [0.05, 0.1) is 0 Å². The molecular formula is C26H26N2O4S. The Balaban J connectivity index is 1.59. The molecule has 1 heterocycles. The van der Waals surface area contributed by atoms with Crippen LogP contribution in [0.4, 0.5) is 0 Å². The molecule has 1 aromatic heterocycles. The van der Waals surface area contributed by atoms with Crippen molar-refractivity contribution in [3.8, 4) is 32.6 Å². The molecule has 0 atom stereocenters. The van der Waals surface area contributed by atoms with Crippen molar-refractivity contribution in [2.75, 3.05) is 0 Å².